The van der Waals surface area contributed by atoms with Gasteiger partial charge in [0.05, 0.1) is 19.1 Å². The van der Waals surface area contributed by atoms with Gasteiger partial charge in [0.15, 0.2) is 22.8 Å². The number of aromatic nitrogens is 4. The summed E-state index contributed by atoms with van der Waals surface area (Å²) in [5, 5.41) is 0. The predicted octanol–water partition coefficient (Wildman–Crippen LogP) is -0.847. The molecule has 0 unspecified atom stereocenters. The van der Waals surface area contributed by atoms with Crippen LogP contribution in [0.15, 0.2) is 9.59 Å². The topological polar surface area (TPSA) is 83.3 Å². The van der Waals surface area contributed by atoms with Gasteiger partial charge in [-0.1, -0.05) is 0 Å². The molecule has 0 aliphatic carbocycles. The summed E-state index contributed by atoms with van der Waals surface area (Å²) in [7, 11) is 3.06. The molecule has 0 spiro atoms. The monoisotopic (exact) mass is 348 g/mol. The number of fused-ring (bicyclic) bond motifs is 1. The van der Waals surface area contributed by atoms with Crippen molar-refractivity contribution in [3.05, 3.63) is 26.7 Å². The highest BCUT2D eigenvalue weighted by Crippen LogP contribution is 2.18. The molecule has 2 aromatic heterocycles. The molecule has 1 aliphatic rings. The zero-order chi connectivity index (χ0) is 18.3. The van der Waals surface area contributed by atoms with Crippen LogP contribution in [0.3, 0.4) is 0 Å². The molecule has 1 aliphatic heterocycles. The van der Waals surface area contributed by atoms with Crippen molar-refractivity contribution in [2.75, 3.05) is 13.1 Å². The minimum Gasteiger partial charge on any atom is -0.329 e. The zero-order valence-corrected chi connectivity index (χ0v) is 15.3. The molecule has 0 bridgehead atoms. The highest BCUT2D eigenvalue weighted by Gasteiger charge is 2.27. The second-order valence-corrected chi connectivity index (χ2v) is 7.05. The van der Waals surface area contributed by atoms with Crippen LogP contribution in [0, 0.1) is 0 Å². The third-order valence-corrected chi connectivity index (χ3v) is 5.31. The van der Waals surface area contributed by atoms with E-state index in [0.717, 1.165) is 17.7 Å². The first-order chi connectivity index (χ1) is 11.8. The van der Waals surface area contributed by atoms with Crippen LogP contribution in [0.2, 0.25) is 0 Å². The standard InChI is InChI=1S/C17H25N5O3/c1-11(12(2)23)22-13(10-21-8-6-5-7-9-21)18-15-14(22)16(24)20(4)17(25)19(15)3/h11H,5-10H2,1-4H3/p+1/t11-/m1/s1. The van der Waals surface area contributed by atoms with Crippen molar-refractivity contribution in [1.29, 1.82) is 0 Å². The second kappa shape index (κ2) is 6.59. The Morgan fingerprint density at radius 1 is 1.16 bits per heavy atom. The van der Waals surface area contributed by atoms with Crippen LogP contribution in [0.4, 0.5) is 0 Å². The first kappa shape index (κ1) is 17.6. The molecule has 3 heterocycles. The number of imidazole rings is 1. The molecule has 0 aromatic carbocycles. The molecule has 136 valence electrons. The summed E-state index contributed by atoms with van der Waals surface area (Å²) in [5.74, 6) is 0.665. The van der Waals surface area contributed by atoms with Gasteiger partial charge in [0.2, 0.25) is 0 Å². The average molecular weight is 348 g/mol. The first-order valence-corrected chi connectivity index (χ1v) is 8.83. The van der Waals surface area contributed by atoms with Gasteiger partial charge in [-0.3, -0.25) is 18.7 Å². The van der Waals surface area contributed by atoms with Gasteiger partial charge in [0, 0.05) is 14.1 Å². The molecule has 0 amide bonds. The van der Waals surface area contributed by atoms with Crippen LogP contribution in [-0.4, -0.2) is 37.6 Å². The number of quaternary nitrogens is 1. The van der Waals surface area contributed by atoms with Crippen LogP contribution < -0.4 is 16.1 Å². The van der Waals surface area contributed by atoms with Crippen molar-refractivity contribution < 1.29 is 9.69 Å². The number of carbonyl (C=O) groups excluding carboxylic acids is 1. The predicted molar refractivity (Wildman–Crippen MR) is 93.9 cm³/mol. The fourth-order valence-corrected chi connectivity index (χ4v) is 3.64. The minimum absolute atomic E-state index is 0.0369. The van der Waals surface area contributed by atoms with Crippen molar-refractivity contribution >= 4 is 16.9 Å². The van der Waals surface area contributed by atoms with Crippen molar-refractivity contribution in [3.63, 3.8) is 0 Å². The smallest absolute Gasteiger partial charge is 0.329 e. The lowest BCUT2D eigenvalue weighted by atomic mass is 10.1. The van der Waals surface area contributed by atoms with Crippen LogP contribution in [0.5, 0.6) is 0 Å². The number of hydrogen-bond acceptors (Lipinski definition) is 4. The van der Waals surface area contributed by atoms with Gasteiger partial charge < -0.3 is 9.47 Å². The average Bonchev–Trinajstić information content (AvgIpc) is 2.97. The summed E-state index contributed by atoms with van der Waals surface area (Å²) in [6.07, 6.45) is 3.61. The molecule has 8 nitrogen and oxygen atoms in total. The number of hydrogen-bond donors (Lipinski definition) is 1. The Labute approximate surface area is 145 Å². The normalized spacial score (nSPS) is 17.1. The SMILES string of the molecule is CC(=O)[C@@H](C)n1c(C[NH+]2CCCCC2)nc2c1c(=O)n(C)c(=O)n2C. The Morgan fingerprint density at radius 3 is 2.40 bits per heavy atom. The number of likely N-dealkylation sites (tertiary alicyclic amines) is 1. The second-order valence-electron chi connectivity index (χ2n) is 7.05. The summed E-state index contributed by atoms with van der Waals surface area (Å²) in [6.45, 7) is 6.08. The third kappa shape index (κ3) is 2.95. The summed E-state index contributed by atoms with van der Waals surface area (Å²) in [4.78, 5) is 43.0. The van der Waals surface area contributed by atoms with Gasteiger partial charge >= 0.3 is 5.69 Å². The summed E-state index contributed by atoms with van der Waals surface area (Å²) in [6, 6.07) is -0.491. The molecule has 1 fully saturated rings. The number of Topliss-reactive ketones (excluding diaryl/α,β-unsaturated/α-hetero) is 1. The maximum atomic E-state index is 12.7. The van der Waals surface area contributed by atoms with Gasteiger partial charge in [-0.15, -0.1) is 0 Å². The van der Waals surface area contributed by atoms with E-state index >= 15 is 0 Å². The van der Waals surface area contributed by atoms with Gasteiger partial charge in [0.1, 0.15) is 6.54 Å². The summed E-state index contributed by atoms with van der Waals surface area (Å²) in [5.41, 5.74) is -0.126. The maximum Gasteiger partial charge on any atom is 0.332 e. The molecule has 1 N–H and O–H groups in total. The zero-order valence-electron chi connectivity index (χ0n) is 15.3. The van der Waals surface area contributed by atoms with Crippen molar-refractivity contribution in [1.82, 2.24) is 18.7 Å². The lowest BCUT2D eigenvalue weighted by Gasteiger charge is -2.24. The highest BCUT2D eigenvalue weighted by molar-refractivity contribution is 5.82. The van der Waals surface area contributed by atoms with E-state index in [1.165, 1.54) is 42.7 Å². The van der Waals surface area contributed by atoms with E-state index < -0.39 is 17.3 Å². The minimum atomic E-state index is -0.491. The van der Waals surface area contributed by atoms with Crippen LogP contribution in [0.1, 0.15) is 45.0 Å². The molecular weight excluding hydrogens is 322 g/mol. The largest absolute Gasteiger partial charge is 0.332 e. The quantitative estimate of drug-likeness (QED) is 0.780. The van der Waals surface area contributed by atoms with Gasteiger partial charge in [0.25, 0.3) is 5.56 Å². The molecule has 0 radical (unpaired) electrons. The lowest BCUT2D eigenvalue weighted by Crippen LogP contribution is -3.11. The Hall–Kier alpha value is -2.22. The first-order valence-electron chi connectivity index (χ1n) is 8.83. The number of carbonyl (C=O) groups is 1. The van der Waals surface area contributed by atoms with Crippen LogP contribution >= 0.6 is 0 Å². The number of nitrogens with one attached hydrogen (secondary N) is 1. The molecule has 1 atom stereocenters. The van der Waals surface area contributed by atoms with Crippen molar-refractivity contribution in [2.45, 2.75) is 45.7 Å². The highest BCUT2D eigenvalue weighted by atomic mass is 16.2. The molecule has 8 heteroatoms. The molecule has 3 rings (SSSR count). The maximum absolute atomic E-state index is 12.7. The Balaban J connectivity index is 2.24. The molecule has 0 saturated carbocycles. The fourth-order valence-electron chi connectivity index (χ4n) is 3.64. The van der Waals surface area contributed by atoms with Crippen molar-refractivity contribution in [2.24, 2.45) is 14.1 Å². The van der Waals surface area contributed by atoms with E-state index in [1.54, 1.807) is 18.5 Å². The van der Waals surface area contributed by atoms with E-state index in [0.29, 0.717) is 23.5 Å². The molecule has 1 saturated heterocycles. The third-order valence-electron chi connectivity index (χ3n) is 5.31. The van der Waals surface area contributed by atoms with Crippen molar-refractivity contribution in [3.8, 4) is 0 Å². The molecule has 2 aromatic rings. The van der Waals surface area contributed by atoms with E-state index in [1.807, 2.05) is 0 Å². The number of nitrogens with zero attached hydrogens (tertiary/aromatic N) is 4. The number of piperidine rings is 1. The van der Waals surface area contributed by atoms with E-state index in [4.69, 9.17) is 0 Å². The van der Waals surface area contributed by atoms with E-state index in [-0.39, 0.29) is 5.78 Å². The van der Waals surface area contributed by atoms with Gasteiger partial charge in [-0.05, 0) is 33.1 Å². The Bertz CT molecular complexity index is 930. The molecular formula is C17H26N5O3+. The number of ketones is 1. The van der Waals surface area contributed by atoms with Gasteiger partial charge in [-0.25, -0.2) is 9.78 Å². The fraction of sp³-hybridized carbons (Fsp3) is 0.647. The van der Waals surface area contributed by atoms with Crippen LogP contribution in [0.25, 0.3) is 11.2 Å². The number of aryl methyl sites for hydroxylation is 1. The summed E-state index contributed by atoms with van der Waals surface area (Å²) >= 11 is 0. The Kier molecular flexibility index (Phi) is 4.64. The van der Waals surface area contributed by atoms with Crippen LogP contribution in [-0.2, 0) is 25.4 Å². The molecule has 25 heavy (non-hydrogen) atoms. The van der Waals surface area contributed by atoms with E-state index in [2.05, 4.69) is 4.98 Å². The van der Waals surface area contributed by atoms with E-state index in [9.17, 15) is 14.4 Å². The summed E-state index contributed by atoms with van der Waals surface area (Å²) < 4.78 is 4.20. The Morgan fingerprint density at radius 2 is 1.80 bits per heavy atom. The number of rotatable bonds is 4. The lowest BCUT2D eigenvalue weighted by molar-refractivity contribution is -0.919. The van der Waals surface area contributed by atoms with Gasteiger partial charge in [-0.2, -0.15) is 0 Å².